The van der Waals surface area contributed by atoms with E-state index >= 15 is 0 Å². The first kappa shape index (κ1) is 21.5. The van der Waals surface area contributed by atoms with Gasteiger partial charge in [-0.05, 0) is 65.1 Å². The van der Waals surface area contributed by atoms with Gasteiger partial charge in [-0.1, -0.05) is 36.4 Å². The van der Waals surface area contributed by atoms with Crippen LogP contribution in [0.15, 0.2) is 77.9 Å². The molecule has 32 heavy (non-hydrogen) atoms. The molecule has 0 bridgehead atoms. The smallest absolute Gasteiger partial charge is 0.308 e. The van der Waals surface area contributed by atoms with E-state index in [1.807, 2.05) is 24.3 Å². The van der Waals surface area contributed by atoms with Crippen LogP contribution in [0.2, 0.25) is 0 Å². The van der Waals surface area contributed by atoms with Crippen LogP contribution in [0.5, 0.6) is 5.75 Å². The molecule has 1 heterocycles. The van der Waals surface area contributed by atoms with E-state index in [1.165, 1.54) is 29.8 Å². The summed E-state index contributed by atoms with van der Waals surface area (Å²) in [5.74, 6) is -0.172. The van der Waals surface area contributed by atoms with E-state index in [1.54, 1.807) is 24.3 Å². The van der Waals surface area contributed by atoms with Crippen molar-refractivity contribution < 1.29 is 14.3 Å². The third kappa shape index (κ3) is 5.68. The van der Waals surface area contributed by atoms with Gasteiger partial charge >= 0.3 is 5.97 Å². The quantitative estimate of drug-likeness (QED) is 0.280. The lowest BCUT2D eigenvalue weighted by Gasteiger charge is -2.28. The minimum Gasteiger partial charge on any atom is -0.427 e. The third-order valence-electron chi connectivity index (χ3n) is 5.35. The highest BCUT2D eigenvalue weighted by Crippen LogP contribution is 2.20. The predicted molar refractivity (Wildman–Crippen MR) is 124 cm³/mol. The second-order valence-corrected chi connectivity index (χ2v) is 7.79. The Morgan fingerprint density at radius 3 is 2.44 bits per heavy atom. The second kappa shape index (κ2) is 10.0. The normalized spacial score (nSPS) is 13.5. The molecule has 0 spiro atoms. The number of carbonyl (C=O) groups excluding carboxylic acids is 2. The van der Waals surface area contributed by atoms with Gasteiger partial charge in [-0.2, -0.15) is 5.10 Å². The average Bonchev–Trinajstić information content (AvgIpc) is 2.80. The van der Waals surface area contributed by atoms with E-state index in [-0.39, 0.29) is 11.9 Å². The van der Waals surface area contributed by atoms with Gasteiger partial charge in [0.25, 0.3) is 5.91 Å². The van der Waals surface area contributed by atoms with Crippen LogP contribution in [0.25, 0.3) is 0 Å². The number of nitrogens with one attached hydrogen (secondary N) is 1. The first-order chi connectivity index (χ1) is 15.6. The maximum Gasteiger partial charge on any atom is 0.308 e. The molecule has 1 amide bonds. The fraction of sp³-hybridized carbons (Fsp3) is 0.192. The summed E-state index contributed by atoms with van der Waals surface area (Å²) < 4.78 is 4.99. The van der Waals surface area contributed by atoms with Crippen LogP contribution in [-0.2, 0) is 24.3 Å². The molecule has 6 nitrogen and oxygen atoms in total. The van der Waals surface area contributed by atoms with Crippen LogP contribution in [-0.4, -0.2) is 29.5 Å². The lowest BCUT2D eigenvalue weighted by Crippen LogP contribution is -2.30. The van der Waals surface area contributed by atoms with Gasteiger partial charge in [0.05, 0.1) is 6.21 Å². The molecule has 0 aromatic heterocycles. The Bertz CT molecular complexity index is 1120. The highest BCUT2D eigenvalue weighted by Gasteiger charge is 2.15. The first-order valence-corrected chi connectivity index (χ1v) is 10.6. The molecule has 3 aromatic rings. The molecule has 1 N–H and O–H groups in total. The van der Waals surface area contributed by atoms with Crippen molar-refractivity contribution in [2.75, 3.05) is 6.54 Å². The molecule has 1 aliphatic heterocycles. The number of hydrogen-bond acceptors (Lipinski definition) is 5. The van der Waals surface area contributed by atoms with Crippen molar-refractivity contribution in [3.63, 3.8) is 0 Å². The van der Waals surface area contributed by atoms with Crippen molar-refractivity contribution in [3.8, 4) is 5.75 Å². The van der Waals surface area contributed by atoms with Gasteiger partial charge in [-0.25, -0.2) is 5.43 Å². The van der Waals surface area contributed by atoms with Gasteiger partial charge in [-0.15, -0.1) is 0 Å². The number of esters is 1. The number of amides is 1. The summed E-state index contributed by atoms with van der Waals surface area (Å²) in [6.07, 6.45) is 2.61. The van der Waals surface area contributed by atoms with Gasteiger partial charge in [0.1, 0.15) is 5.75 Å². The molecule has 162 valence electrons. The fourth-order valence-corrected chi connectivity index (χ4v) is 3.73. The Labute approximate surface area is 187 Å². The fourth-order valence-electron chi connectivity index (χ4n) is 3.73. The Morgan fingerprint density at radius 1 is 1.00 bits per heavy atom. The molecule has 0 atom stereocenters. The number of hydrazone groups is 1. The van der Waals surface area contributed by atoms with Crippen LogP contribution in [0.1, 0.15) is 39.5 Å². The zero-order chi connectivity index (χ0) is 22.3. The molecule has 4 rings (SSSR count). The monoisotopic (exact) mass is 427 g/mol. The van der Waals surface area contributed by atoms with Crippen molar-refractivity contribution in [2.45, 2.75) is 26.4 Å². The summed E-state index contributed by atoms with van der Waals surface area (Å²) in [5.41, 5.74) is 7.89. The van der Waals surface area contributed by atoms with Crippen LogP contribution in [0.4, 0.5) is 0 Å². The third-order valence-corrected chi connectivity index (χ3v) is 5.35. The molecule has 1 aliphatic rings. The lowest BCUT2D eigenvalue weighted by molar-refractivity contribution is -0.131. The van der Waals surface area contributed by atoms with Crippen molar-refractivity contribution in [1.29, 1.82) is 0 Å². The Morgan fingerprint density at radius 2 is 1.72 bits per heavy atom. The van der Waals surface area contributed by atoms with Crippen molar-refractivity contribution in [2.24, 2.45) is 5.10 Å². The summed E-state index contributed by atoms with van der Waals surface area (Å²) in [4.78, 5) is 25.7. The first-order valence-electron chi connectivity index (χ1n) is 10.6. The number of fused-ring (bicyclic) bond motifs is 1. The van der Waals surface area contributed by atoms with E-state index in [4.69, 9.17) is 4.74 Å². The van der Waals surface area contributed by atoms with Gasteiger partial charge < -0.3 is 4.74 Å². The Balaban J connectivity index is 1.28. The maximum absolute atomic E-state index is 12.4. The van der Waals surface area contributed by atoms with E-state index < -0.39 is 0 Å². The summed E-state index contributed by atoms with van der Waals surface area (Å²) >= 11 is 0. The molecule has 0 saturated carbocycles. The topological polar surface area (TPSA) is 71.0 Å². The number of rotatable bonds is 6. The average molecular weight is 428 g/mol. The number of hydrogen-bond donors (Lipinski definition) is 1. The lowest BCUT2D eigenvalue weighted by atomic mass is 9.99. The molecular formula is C26H25N3O3. The van der Waals surface area contributed by atoms with E-state index in [0.29, 0.717) is 11.3 Å². The Hall–Kier alpha value is -3.77. The van der Waals surface area contributed by atoms with Crippen molar-refractivity contribution in [1.82, 2.24) is 10.3 Å². The summed E-state index contributed by atoms with van der Waals surface area (Å²) in [6, 6.07) is 23.1. The molecule has 3 aromatic carbocycles. The summed E-state index contributed by atoms with van der Waals surface area (Å²) in [6.45, 7) is 4.20. The molecule has 0 unspecified atom stereocenters. The van der Waals surface area contributed by atoms with Crippen molar-refractivity contribution in [3.05, 3.63) is 101 Å². The van der Waals surface area contributed by atoms with E-state index in [0.717, 1.165) is 31.6 Å². The SMILES string of the molecule is CC(=O)Oc1ccc(C=NNC(=O)c2ccc(CN3CCc4ccccc4C3)cc2)cc1. The molecule has 0 aliphatic carbocycles. The van der Waals surface area contributed by atoms with Gasteiger partial charge in [0.15, 0.2) is 0 Å². The summed E-state index contributed by atoms with van der Waals surface area (Å²) in [7, 11) is 0. The zero-order valence-corrected chi connectivity index (χ0v) is 18.0. The van der Waals surface area contributed by atoms with Gasteiger partial charge in [0.2, 0.25) is 0 Å². The molecule has 0 saturated heterocycles. The Kier molecular flexibility index (Phi) is 6.72. The standard InChI is InChI=1S/C26H25N3O3/c1-19(30)32-25-12-8-20(9-13-25)16-27-28-26(31)23-10-6-21(7-11-23)17-29-15-14-22-4-2-3-5-24(22)18-29/h2-13,16H,14-15,17-18H2,1H3,(H,28,31). The van der Waals surface area contributed by atoms with Crippen LogP contribution >= 0.6 is 0 Å². The van der Waals surface area contributed by atoms with Crippen LogP contribution in [0.3, 0.4) is 0 Å². The van der Waals surface area contributed by atoms with Gasteiger partial charge in [-0.3, -0.25) is 14.5 Å². The van der Waals surface area contributed by atoms with E-state index in [9.17, 15) is 9.59 Å². The largest absolute Gasteiger partial charge is 0.427 e. The van der Waals surface area contributed by atoms with E-state index in [2.05, 4.69) is 39.7 Å². The predicted octanol–water partition coefficient (Wildman–Crippen LogP) is 3.93. The minimum atomic E-state index is -0.369. The zero-order valence-electron chi connectivity index (χ0n) is 18.0. The minimum absolute atomic E-state index is 0.267. The molecular weight excluding hydrogens is 402 g/mol. The van der Waals surface area contributed by atoms with Crippen LogP contribution in [0, 0.1) is 0 Å². The highest BCUT2D eigenvalue weighted by atomic mass is 16.5. The highest BCUT2D eigenvalue weighted by molar-refractivity contribution is 5.94. The molecule has 0 fully saturated rings. The maximum atomic E-state index is 12.4. The number of benzene rings is 3. The van der Waals surface area contributed by atoms with Crippen molar-refractivity contribution >= 4 is 18.1 Å². The number of ether oxygens (including phenoxy) is 1. The second-order valence-electron chi connectivity index (χ2n) is 7.79. The number of carbonyl (C=O) groups is 2. The molecule has 0 radical (unpaired) electrons. The van der Waals surface area contributed by atoms with Crippen LogP contribution < -0.4 is 10.2 Å². The van der Waals surface area contributed by atoms with Gasteiger partial charge in [0, 0.05) is 32.1 Å². The summed E-state index contributed by atoms with van der Waals surface area (Å²) in [5, 5.41) is 4.01. The molecule has 6 heteroatoms. The number of nitrogens with zero attached hydrogens (tertiary/aromatic N) is 2.